The molecule has 1 aromatic carbocycles. The average Bonchev–Trinajstić information content (AvgIpc) is 2.61. The number of anilines is 1. The molecule has 0 spiro atoms. The van der Waals surface area contributed by atoms with E-state index in [1.165, 1.54) is 5.69 Å². The number of carbonyl (C=O) groups is 1. The van der Waals surface area contributed by atoms with Crippen LogP contribution in [0.1, 0.15) is 33.6 Å². The Morgan fingerprint density at radius 2 is 1.85 bits per heavy atom. The molecule has 0 saturated carbocycles. The number of nitrogens with one attached hydrogen (secondary N) is 1. The number of carbonyl (C=O) groups excluding carboxylic acids is 1. The molecule has 2 heterocycles. The van der Waals surface area contributed by atoms with E-state index in [1.54, 1.807) is 0 Å². The predicted octanol–water partition coefficient (Wildman–Crippen LogP) is 2.47. The summed E-state index contributed by atoms with van der Waals surface area (Å²) in [5.41, 5.74) is 1.27. The van der Waals surface area contributed by atoms with E-state index in [9.17, 15) is 4.79 Å². The number of benzene rings is 1. The van der Waals surface area contributed by atoms with Crippen LogP contribution in [0.2, 0.25) is 0 Å². The van der Waals surface area contributed by atoms with Gasteiger partial charge in [-0.3, -0.25) is 4.79 Å². The van der Waals surface area contributed by atoms with Crippen LogP contribution in [0.3, 0.4) is 0 Å². The number of thiocarbonyl (C=S) groups is 1. The lowest BCUT2D eigenvalue weighted by Crippen LogP contribution is -2.60. The average molecular weight is 375 g/mol. The number of amides is 1. The van der Waals surface area contributed by atoms with Gasteiger partial charge < -0.3 is 20.0 Å². The molecule has 3 rings (SSSR count). The van der Waals surface area contributed by atoms with Crippen LogP contribution in [0.15, 0.2) is 30.3 Å². The van der Waals surface area contributed by atoms with Crippen LogP contribution in [0.5, 0.6) is 0 Å². The summed E-state index contributed by atoms with van der Waals surface area (Å²) in [6.07, 6.45) is 1.55. The van der Waals surface area contributed by atoms with Gasteiger partial charge in [0.05, 0.1) is 0 Å². The first kappa shape index (κ1) is 19.0. The Bertz CT molecular complexity index is 640. The minimum Gasteiger partial charge on any atom is -0.368 e. The van der Waals surface area contributed by atoms with Gasteiger partial charge in [0.25, 0.3) is 0 Å². The summed E-state index contributed by atoms with van der Waals surface area (Å²) >= 11 is 5.51. The lowest BCUT2D eigenvalue weighted by Gasteiger charge is -2.45. The third-order valence-electron chi connectivity index (χ3n) is 5.36. The third kappa shape index (κ3) is 4.47. The van der Waals surface area contributed by atoms with Crippen LogP contribution in [-0.4, -0.2) is 65.1 Å². The normalized spacial score (nSPS) is 23.0. The Labute approximate surface area is 162 Å². The highest BCUT2D eigenvalue weighted by molar-refractivity contribution is 7.80. The van der Waals surface area contributed by atoms with Crippen molar-refractivity contribution in [3.63, 3.8) is 0 Å². The zero-order valence-electron chi connectivity index (χ0n) is 16.1. The molecule has 2 aliphatic heterocycles. The van der Waals surface area contributed by atoms with Gasteiger partial charge in [0, 0.05) is 56.4 Å². The number of hydrogen-bond donors (Lipinski definition) is 1. The fraction of sp³-hybridized carbons (Fsp3) is 0.600. The maximum Gasteiger partial charge on any atom is 0.224 e. The molecule has 5 nitrogen and oxygen atoms in total. The highest BCUT2D eigenvalue weighted by Crippen LogP contribution is 2.22. The van der Waals surface area contributed by atoms with Gasteiger partial charge in [-0.2, -0.15) is 0 Å². The largest absolute Gasteiger partial charge is 0.368 e. The maximum atomic E-state index is 12.6. The standard InChI is InChI=1S/C20H30N4OS/c1-16-15-20(2,3)21-19(26)24(16)10-9-18(25)23-13-11-22(12-14-23)17-7-5-4-6-8-17/h4-8,16H,9-15H2,1-3H3,(H,21,26)/t16-/m1/s1. The fourth-order valence-electron chi connectivity index (χ4n) is 4.01. The molecule has 0 bridgehead atoms. The van der Waals surface area contributed by atoms with E-state index >= 15 is 0 Å². The molecule has 0 unspecified atom stereocenters. The van der Waals surface area contributed by atoms with Gasteiger partial charge in [-0.15, -0.1) is 0 Å². The van der Waals surface area contributed by atoms with Crippen molar-refractivity contribution in [3.05, 3.63) is 30.3 Å². The first-order valence-corrected chi connectivity index (χ1v) is 9.93. The fourth-order valence-corrected chi connectivity index (χ4v) is 4.56. The molecule has 1 aromatic rings. The predicted molar refractivity (Wildman–Crippen MR) is 110 cm³/mol. The summed E-state index contributed by atoms with van der Waals surface area (Å²) in [6, 6.07) is 10.8. The molecule has 2 saturated heterocycles. The molecule has 6 heteroatoms. The van der Waals surface area contributed by atoms with Crippen molar-refractivity contribution in [1.29, 1.82) is 0 Å². The van der Waals surface area contributed by atoms with Crippen molar-refractivity contribution in [1.82, 2.24) is 15.1 Å². The van der Waals surface area contributed by atoms with Crippen molar-refractivity contribution in [2.75, 3.05) is 37.6 Å². The molecule has 1 amide bonds. The molecule has 0 aliphatic carbocycles. The topological polar surface area (TPSA) is 38.8 Å². The number of hydrogen-bond acceptors (Lipinski definition) is 3. The Kier molecular flexibility index (Phi) is 5.70. The quantitative estimate of drug-likeness (QED) is 0.820. The second-order valence-corrected chi connectivity index (χ2v) is 8.40. The van der Waals surface area contributed by atoms with Crippen LogP contribution < -0.4 is 10.2 Å². The SMILES string of the molecule is C[C@@H]1CC(C)(C)NC(=S)N1CCC(=O)N1CCN(c2ccccc2)CC1. The smallest absolute Gasteiger partial charge is 0.224 e. The zero-order valence-corrected chi connectivity index (χ0v) is 16.9. The Hall–Kier alpha value is -1.82. The van der Waals surface area contributed by atoms with Crippen LogP contribution in [0, 0.1) is 0 Å². The molecule has 2 aliphatic rings. The van der Waals surface area contributed by atoms with E-state index in [4.69, 9.17) is 12.2 Å². The Morgan fingerprint density at radius 3 is 2.46 bits per heavy atom. The summed E-state index contributed by atoms with van der Waals surface area (Å²) < 4.78 is 0. The van der Waals surface area contributed by atoms with Crippen molar-refractivity contribution in [3.8, 4) is 0 Å². The number of nitrogens with zero attached hydrogens (tertiary/aromatic N) is 3. The summed E-state index contributed by atoms with van der Waals surface area (Å²) in [5.74, 6) is 0.234. The maximum absolute atomic E-state index is 12.6. The number of piperazine rings is 1. The van der Waals surface area contributed by atoms with E-state index in [2.05, 4.69) is 60.2 Å². The first-order valence-electron chi connectivity index (χ1n) is 9.52. The van der Waals surface area contributed by atoms with E-state index in [-0.39, 0.29) is 11.4 Å². The highest BCUT2D eigenvalue weighted by atomic mass is 32.1. The van der Waals surface area contributed by atoms with Crippen LogP contribution in [-0.2, 0) is 4.79 Å². The number of para-hydroxylation sites is 1. The minimum atomic E-state index is 0.0325. The van der Waals surface area contributed by atoms with Gasteiger partial charge >= 0.3 is 0 Å². The second kappa shape index (κ2) is 7.82. The van der Waals surface area contributed by atoms with E-state index in [1.807, 2.05) is 11.0 Å². The van der Waals surface area contributed by atoms with Crippen molar-refractivity contribution in [2.24, 2.45) is 0 Å². The van der Waals surface area contributed by atoms with Gasteiger partial charge in [-0.05, 0) is 51.5 Å². The summed E-state index contributed by atoms with van der Waals surface area (Å²) in [4.78, 5) is 19.1. The van der Waals surface area contributed by atoms with Gasteiger partial charge in [-0.25, -0.2) is 0 Å². The van der Waals surface area contributed by atoms with Crippen molar-refractivity contribution in [2.45, 2.75) is 45.2 Å². The molecule has 26 heavy (non-hydrogen) atoms. The third-order valence-corrected chi connectivity index (χ3v) is 5.70. The summed E-state index contributed by atoms with van der Waals surface area (Å²) in [5, 5.41) is 4.16. The van der Waals surface area contributed by atoms with Gasteiger partial charge in [0.15, 0.2) is 5.11 Å². The lowest BCUT2D eigenvalue weighted by molar-refractivity contribution is -0.131. The monoisotopic (exact) mass is 374 g/mol. The molecule has 0 aromatic heterocycles. The Morgan fingerprint density at radius 1 is 1.19 bits per heavy atom. The minimum absolute atomic E-state index is 0.0325. The summed E-state index contributed by atoms with van der Waals surface area (Å²) in [7, 11) is 0. The van der Waals surface area contributed by atoms with Crippen LogP contribution >= 0.6 is 12.2 Å². The Balaban J connectivity index is 1.47. The van der Waals surface area contributed by atoms with Crippen molar-refractivity contribution >= 4 is 28.9 Å². The second-order valence-electron chi connectivity index (χ2n) is 8.01. The lowest BCUT2D eigenvalue weighted by atomic mass is 9.93. The molecule has 142 valence electrons. The molecular formula is C20H30N4OS. The van der Waals surface area contributed by atoms with Crippen LogP contribution in [0.25, 0.3) is 0 Å². The number of rotatable bonds is 4. The molecule has 0 radical (unpaired) electrons. The first-order chi connectivity index (χ1) is 12.4. The van der Waals surface area contributed by atoms with Crippen LogP contribution in [0.4, 0.5) is 5.69 Å². The van der Waals surface area contributed by atoms with Gasteiger partial charge in [-0.1, -0.05) is 18.2 Å². The highest BCUT2D eigenvalue weighted by Gasteiger charge is 2.33. The van der Waals surface area contributed by atoms with Crippen molar-refractivity contribution < 1.29 is 4.79 Å². The summed E-state index contributed by atoms with van der Waals surface area (Å²) in [6.45, 7) is 10.6. The molecule has 2 fully saturated rings. The van der Waals surface area contributed by atoms with E-state index in [0.29, 0.717) is 19.0 Å². The molecular weight excluding hydrogens is 344 g/mol. The zero-order chi connectivity index (χ0) is 18.7. The molecule has 1 N–H and O–H groups in total. The van der Waals surface area contributed by atoms with Gasteiger partial charge in [0.2, 0.25) is 5.91 Å². The molecule has 1 atom stereocenters. The van der Waals surface area contributed by atoms with E-state index in [0.717, 1.165) is 37.7 Å². The van der Waals surface area contributed by atoms with Gasteiger partial charge in [0.1, 0.15) is 0 Å². The van der Waals surface area contributed by atoms with E-state index < -0.39 is 0 Å².